The number of halogens is 1. The maximum absolute atomic E-state index is 8.98. The minimum atomic E-state index is -0.115. The second kappa shape index (κ2) is 4.23. The molecular formula is C9H12ClN5O. The molecule has 1 atom stereocenters. The Kier molecular flexibility index (Phi) is 2.93. The third kappa shape index (κ3) is 1.94. The Morgan fingerprint density at radius 2 is 2.31 bits per heavy atom. The summed E-state index contributed by atoms with van der Waals surface area (Å²) in [4.78, 5) is 12.3. The van der Waals surface area contributed by atoms with E-state index in [4.69, 9.17) is 16.7 Å². The summed E-state index contributed by atoms with van der Waals surface area (Å²) >= 11 is 5.81. The first-order valence-corrected chi connectivity index (χ1v) is 5.21. The van der Waals surface area contributed by atoms with E-state index in [0.717, 1.165) is 0 Å². The zero-order valence-electron chi connectivity index (χ0n) is 8.98. The number of aromatic nitrogens is 4. The molecule has 0 fully saturated rings. The molecule has 16 heavy (non-hydrogen) atoms. The Hall–Kier alpha value is -1.40. The number of nitrogens with zero attached hydrogens (tertiary/aromatic N) is 4. The van der Waals surface area contributed by atoms with Crippen molar-refractivity contribution in [1.82, 2.24) is 19.5 Å². The van der Waals surface area contributed by atoms with Crippen LogP contribution in [0.15, 0.2) is 6.33 Å². The van der Waals surface area contributed by atoms with E-state index in [2.05, 4.69) is 20.3 Å². The maximum Gasteiger partial charge on any atom is 0.226 e. The average molecular weight is 242 g/mol. The summed E-state index contributed by atoms with van der Waals surface area (Å²) in [6.45, 7) is 1.85. The van der Waals surface area contributed by atoms with Gasteiger partial charge in [-0.05, 0) is 18.5 Å². The van der Waals surface area contributed by atoms with Gasteiger partial charge < -0.3 is 15.0 Å². The van der Waals surface area contributed by atoms with Crippen LogP contribution in [-0.2, 0) is 7.05 Å². The van der Waals surface area contributed by atoms with Crippen molar-refractivity contribution in [2.45, 2.75) is 13.0 Å². The molecule has 0 aromatic carbocycles. The van der Waals surface area contributed by atoms with Gasteiger partial charge in [0.25, 0.3) is 0 Å². The van der Waals surface area contributed by atoms with Gasteiger partial charge in [0.05, 0.1) is 12.9 Å². The summed E-state index contributed by atoms with van der Waals surface area (Å²) < 4.78 is 1.76. The third-order valence-electron chi connectivity index (χ3n) is 2.19. The second-order valence-corrected chi connectivity index (χ2v) is 3.93. The fourth-order valence-corrected chi connectivity index (χ4v) is 1.52. The molecule has 1 unspecified atom stereocenters. The lowest BCUT2D eigenvalue weighted by atomic mass is 10.3. The van der Waals surface area contributed by atoms with Crippen molar-refractivity contribution < 1.29 is 5.11 Å². The lowest BCUT2D eigenvalue weighted by Gasteiger charge is -2.11. The number of imidazole rings is 1. The largest absolute Gasteiger partial charge is 0.394 e. The van der Waals surface area contributed by atoms with Gasteiger partial charge in [-0.3, -0.25) is 0 Å². The van der Waals surface area contributed by atoms with E-state index >= 15 is 0 Å². The minimum Gasteiger partial charge on any atom is -0.394 e. The van der Waals surface area contributed by atoms with Gasteiger partial charge in [0.2, 0.25) is 5.28 Å². The molecule has 2 rings (SSSR count). The van der Waals surface area contributed by atoms with Gasteiger partial charge in [0.15, 0.2) is 17.0 Å². The van der Waals surface area contributed by atoms with Crippen molar-refractivity contribution >= 4 is 28.6 Å². The van der Waals surface area contributed by atoms with Crippen LogP contribution in [0.25, 0.3) is 11.2 Å². The second-order valence-electron chi connectivity index (χ2n) is 3.60. The minimum absolute atomic E-state index is 0.00987. The topological polar surface area (TPSA) is 75.9 Å². The molecule has 0 saturated heterocycles. The van der Waals surface area contributed by atoms with Gasteiger partial charge in [0, 0.05) is 13.1 Å². The molecule has 2 aromatic rings. The molecule has 86 valence electrons. The molecule has 0 radical (unpaired) electrons. The monoisotopic (exact) mass is 241 g/mol. The molecule has 0 aliphatic rings. The predicted octanol–water partition coefficient (Wildman–Crippen LogP) is 0.809. The van der Waals surface area contributed by atoms with Crippen molar-refractivity contribution in [3.05, 3.63) is 11.6 Å². The number of hydrogen-bond acceptors (Lipinski definition) is 5. The Labute approximate surface area is 97.3 Å². The first-order chi connectivity index (χ1) is 7.61. The third-order valence-corrected chi connectivity index (χ3v) is 2.36. The first-order valence-electron chi connectivity index (χ1n) is 4.83. The van der Waals surface area contributed by atoms with Crippen LogP contribution < -0.4 is 5.32 Å². The van der Waals surface area contributed by atoms with Crippen molar-refractivity contribution in [2.24, 2.45) is 7.05 Å². The number of aryl methyl sites for hydroxylation is 1. The van der Waals surface area contributed by atoms with E-state index in [1.165, 1.54) is 0 Å². The Balaban J connectivity index is 2.51. The summed E-state index contributed by atoms with van der Waals surface area (Å²) in [5.41, 5.74) is 1.31. The van der Waals surface area contributed by atoms with Gasteiger partial charge in [-0.25, -0.2) is 4.98 Å². The fraction of sp³-hybridized carbons (Fsp3) is 0.444. The van der Waals surface area contributed by atoms with Crippen LogP contribution in [0.2, 0.25) is 5.28 Å². The van der Waals surface area contributed by atoms with Gasteiger partial charge in [-0.1, -0.05) is 0 Å². The standard InChI is InChI=1S/C9H12ClN5O/c1-5(3-16)12-7-6-8(14-9(10)13-7)15(2)4-11-6/h4-5,16H,3H2,1-2H3,(H,12,13,14). The average Bonchev–Trinajstić information content (AvgIpc) is 2.60. The number of nitrogens with one attached hydrogen (secondary N) is 1. The SMILES string of the molecule is CC(CO)Nc1nc(Cl)nc2c1ncn2C. The van der Waals surface area contributed by atoms with Gasteiger partial charge in [0.1, 0.15) is 0 Å². The van der Waals surface area contributed by atoms with E-state index in [-0.39, 0.29) is 17.9 Å². The molecule has 2 N–H and O–H groups in total. The van der Waals surface area contributed by atoms with Crippen LogP contribution in [0.5, 0.6) is 0 Å². The van der Waals surface area contributed by atoms with Crippen LogP contribution >= 0.6 is 11.6 Å². The predicted molar refractivity (Wildman–Crippen MR) is 61.5 cm³/mol. The number of fused-ring (bicyclic) bond motifs is 1. The van der Waals surface area contributed by atoms with E-state index in [1.807, 2.05) is 14.0 Å². The highest BCUT2D eigenvalue weighted by atomic mass is 35.5. The summed E-state index contributed by atoms with van der Waals surface area (Å²) in [6, 6.07) is -0.115. The summed E-state index contributed by atoms with van der Waals surface area (Å²) in [5.74, 6) is 0.539. The summed E-state index contributed by atoms with van der Waals surface area (Å²) in [6.07, 6.45) is 1.64. The molecule has 0 spiro atoms. The molecule has 0 aliphatic carbocycles. The first kappa shape index (κ1) is 11.1. The molecule has 2 heterocycles. The maximum atomic E-state index is 8.98. The van der Waals surface area contributed by atoms with Crippen molar-refractivity contribution in [3.8, 4) is 0 Å². The lowest BCUT2D eigenvalue weighted by molar-refractivity contribution is 0.281. The number of hydrogen-bond donors (Lipinski definition) is 2. The van der Waals surface area contributed by atoms with Crippen LogP contribution in [0, 0.1) is 0 Å². The van der Waals surface area contributed by atoms with Gasteiger partial charge in [-0.15, -0.1) is 0 Å². The lowest BCUT2D eigenvalue weighted by Crippen LogP contribution is -2.20. The number of anilines is 1. The highest BCUT2D eigenvalue weighted by molar-refractivity contribution is 6.28. The Morgan fingerprint density at radius 3 is 3.00 bits per heavy atom. The van der Waals surface area contributed by atoms with Gasteiger partial charge in [-0.2, -0.15) is 9.97 Å². The van der Waals surface area contributed by atoms with Gasteiger partial charge >= 0.3 is 0 Å². The van der Waals surface area contributed by atoms with Crippen LogP contribution in [0.3, 0.4) is 0 Å². The quantitative estimate of drug-likeness (QED) is 0.778. The highest BCUT2D eigenvalue weighted by Crippen LogP contribution is 2.20. The smallest absolute Gasteiger partial charge is 0.226 e. The molecule has 2 aromatic heterocycles. The summed E-state index contributed by atoms with van der Waals surface area (Å²) in [7, 11) is 1.83. The zero-order chi connectivity index (χ0) is 11.7. The van der Waals surface area contributed by atoms with E-state index in [9.17, 15) is 0 Å². The Morgan fingerprint density at radius 1 is 1.56 bits per heavy atom. The number of aliphatic hydroxyl groups excluding tert-OH is 1. The van der Waals surface area contributed by atoms with Crippen LogP contribution in [-0.4, -0.2) is 37.3 Å². The van der Waals surface area contributed by atoms with Crippen molar-refractivity contribution in [1.29, 1.82) is 0 Å². The number of rotatable bonds is 3. The molecule has 7 heteroatoms. The molecule has 0 bridgehead atoms. The number of aliphatic hydroxyl groups is 1. The molecule has 0 amide bonds. The normalized spacial score (nSPS) is 13.0. The molecule has 0 saturated carbocycles. The highest BCUT2D eigenvalue weighted by Gasteiger charge is 2.12. The summed E-state index contributed by atoms with van der Waals surface area (Å²) in [5, 5.41) is 12.2. The molecule has 0 aliphatic heterocycles. The van der Waals surface area contributed by atoms with E-state index in [0.29, 0.717) is 17.0 Å². The van der Waals surface area contributed by atoms with E-state index in [1.54, 1.807) is 10.9 Å². The molecular weight excluding hydrogens is 230 g/mol. The zero-order valence-corrected chi connectivity index (χ0v) is 9.73. The van der Waals surface area contributed by atoms with Crippen LogP contribution in [0.1, 0.15) is 6.92 Å². The van der Waals surface area contributed by atoms with E-state index < -0.39 is 0 Å². The Bertz CT molecular complexity index is 512. The van der Waals surface area contributed by atoms with Crippen molar-refractivity contribution in [2.75, 3.05) is 11.9 Å². The van der Waals surface area contributed by atoms with Crippen LogP contribution in [0.4, 0.5) is 5.82 Å². The van der Waals surface area contributed by atoms with Crippen molar-refractivity contribution in [3.63, 3.8) is 0 Å². The molecule has 6 nitrogen and oxygen atoms in total. The fourth-order valence-electron chi connectivity index (χ4n) is 1.36.